The van der Waals surface area contributed by atoms with Crippen molar-refractivity contribution in [1.82, 2.24) is 10.3 Å². The molecule has 1 unspecified atom stereocenters. The zero-order valence-corrected chi connectivity index (χ0v) is 21.9. The normalized spacial score (nSPS) is 14.9. The van der Waals surface area contributed by atoms with Gasteiger partial charge in [-0.15, -0.1) is 0 Å². The molecule has 1 saturated heterocycles. The predicted molar refractivity (Wildman–Crippen MR) is 153 cm³/mol. The Morgan fingerprint density at radius 1 is 0.949 bits per heavy atom. The second kappa shape index (κ2) is 12.5. The molecule has 1 amide bonds. The lowest BCUT2D eigenvalue weighted by Gasteiger charge is -2.21. The molecule has 0 spiro atoms. The fraction of sp³-hybridized carbons (Fsp3) is 0.281. The van der Waals surface area contributed by atoms with E-state index in [0.29, 0.717) is 23.8 Å². The number of nitrogens with one attached hydrogen (secondary N) is 1. The summed E-state index contributed by atoms with van der Waals surface area (Å²) in [6.07, 6.45) is 3.56. The maximum absolute atomic E-state index is 13.2. The average molecular weight is 524 g/mol. The van der Waals surface area contributed by atoms with Gasteiger partial charge in [-0.2, -0.15) is 5.10 Å². The van der Waals surface area contributed by atoms with Gasteiger partial charge in [-0.25, -0.2) is 10.2 Å². The third-order valence-electron chi connectivity index (χ3n) is 7.27. The Morgan fingerprint density at radius 2 is 1.62 bits per heavy atom. The molecule has 39 heavy (non-hydrogen) atoms. The number of carbonyl (C=O) groups excluding carboxylic acids is 1. The van der Waals surface area contributed by atoms with E-state index in [1.54, 1.807) is 24.3 Å². The van der Waals surface area contributed by atoms with Crippen molar-refractivity contribution in [2.45, 2.75) is 38.0 Å². The number of likely N-dealkylation sites (tertiary alicyclic amines) is 1. The Kier molecular flexibility index (Phi) is 8.48. The van der Waals surface area contributed by atoms with E-state index in [-0.39, 0.29) is 23.6 Å². The molecule has 7 heteroatoms. The molecule has 0 radical (unpaired) electrons. The first-order valence-corrected chi connectivity index (χ1v) is 13.5. The SMILES string of the molecule is O=C(Cc1ccccc1)N/N=C(/CCN1CCCC1)CC(c1ccccc1)c1c(O)c2ccccc2oc1=O. The number of nitrogens with zero attached hydrogens (tertiary/aromatic N) is 2. The molecule has 0 bridgehead atoms. The van der Waals surface area contributed by atoms with Crippen molar-refractivity contribution in [2.75, 3.05) is 19.6 Å². The summed E-state index contributed by atoms with van der Waals surface area (Å²) in [5.74, 6) is -0.790. The van der Waals surface area contributed by atoms with Crippen molar-refractivity contribution < 1.29 is 14.3 Å². The number of hydrazone groups is 1. The molecule has 0 saturated carbocycles. The highest BCUT2D eigenvalue weighted by atomic mass is 16.4. The van der Waals surface area contributed by atoms with Crippen LogP contribution in [0, 0.1) is 0 Å². The number of hydrogen-bond donors (Lipinski definition) is 2. The molecule has 1 fully saturated rings. The summed E-state index contributed by atoms with van der Waals surface area (Å²) in [5.41, 5.74) is 5.22. The second-order valence-electron chi connectivity index (χ2n) is 9.99. The van der Waals surface area contributed by atoms with Gasteiger partial charge in [-0.05, 0) is 55.6 Å². The van der Waals surface area contributed by atoms with E-state index in [9.17, 15) is 14.7 Å². The van der Waals surface area contributed by atoms with Crippen LogP contribution in [0.5, 0.6) is 5.75 Å². The maximum atomic E-state index is 13.2. The van der Waals surface area contributed by atoms with E-state index < -0.39 is 11.5 Å². The van der Waals surface area contributed by atoms with Crippen molar-refractivity contribution in [3.8, 4) is 5.75 Å². The van der Waals surface area contributed by atoms with Crippen LogP contribution in [0.2, 0.25) is 0 Å². The monoisotopic (exact) mass is 523 g/mol. The maximum Gasteiger partial charge on any atom is 0.343 e. The summed E-state index contributed by atoms with van der Waals surface area (Å²) in [6.45, 7) is 2.91. The standard InChI is InChI=1S/C32H33N3O4/c36-29(21-23-11-3-1-4-12-23)34-33-25(17-20-35-18-9-10-19-35)22-27(24-13-5-2-6-14-24)30-31(37)26-15-7-8-16-28(26)39-32(30)38/h1-8,11-16,27,37H,9-10,17-22H2,(H,34,36)/b33-25-. The van der Waals surface area contributed by atoms with Crippen molar-refractivity contribution in [3.05, 3.63) is 112 Å². The Bertz CT molecular complexity index is 1490. The van der Waals surface area contributed by atoms with Crippen LogP contribution in [0.1, 0.15) is 48.3 Å². The third kappa shape index (κ3) is 6.62. The lowest BCUT2D eigenvalue weighted by Crippen LogP contribution is -2.27. The number of fused-ring (bicyclic) bond motifs is 1. The molecule has 1 aliphatic heterocycles. The zero-order chi connectivity index (χ0) is 27.0. The summed E-state index contributed by atoms with van der Waals surface area (Å²) in [4.78, 5) is 28.4. The van der Waals surface area contributed by atoms with Crippen molar-refractivity contribution in [2.24, 2.45) is 5.10 Å². The molecule has 7 nitrogen and oxygen atoms in total. The molecule has 3 aromatic carbocycles. The summed E-state index contributed by atoms with van der Waals surface area (Å²) in [7, 11) is 0. The number of carbonyl (C=O) groups is 1. The number of amides is 1. The van der Waals surface area contributed by atoms with Crippen LogP contribution in [-0.4, -0.2) is 41.3 Å². The first-order chi connectivity index (χ1) is 19.1. The minimum atomic E-state index is -0.577. The van der Waals surface area contributed by atoms with E-state index in [2.05, 4.69) is 15.4 Å². The van der Waals surface area contributed by atoms with E-state index in [1.807, 2.05) is 60.7 Å². The molecule has 4 aromatic rings. The van der Waals surface area contributed by atoms with Gasteiger partial charge in [0.25, 0.3) is 0 Å². The fourth-order valence-electron chi connectivity index (χ4n) is 5.22. The van der Waals surface area contributed by atoms with Gasteiger partial charge in [0, 0.05) is 24.6 Å². The Balaban J connectivity index is 1.47. The van der Waals surface area contributed by atoms with E-state index in [4.69, 9.17) is 4.42 Å². The molecular weight excluding hydrogens is 490 g/mol. The highest BCUT2D eigenvalue weighted by molar-refractivity contribution is 5.89. The predicted octanol–water partition coefficient (Wildman–Crippen LogP) is 5.22. The van der Waals surface area contributed by atoms with Gasteiger partial charge in [-0.1, -0.05) is 72.8 Å². The minimum absolute atomic E-state index is 0.0808. The number of aromatic hydroxyl groups is 1. The molecule has 2 N–H and O–H groups in total. The van der Waals surface area contributed by atoms with Gasteiger partial charge in [0.05, 0.1) is 17.4 Å². The highest BCUT2D eigenvalue weighted by Crippen LogP contribution is 2.36. The minimum Gasteiger partial charge on any atom is -0.507 e. The zero-order valence-electron chi connectivity index (χ0n) is 21.9. The van der Waals surface area contributed by atoms with Gasteiger partial charge in [0.15, 0.2) is 0 Å². The number of benzene rings is 3. The van der Waals surface area contributed by atoms with Crippen LogP contribution >= 0.6 is 0 Å². The topological polar surface area (TPSA) is 95.1 Å². The van der Waals surface area contributed by atoms with Crippen molar-refractivity contribution in [3.63, 3.8) is 0 Å². The molecule has 1 atom stereocenters. The lowest BCUT2D eigenvalue weighted by molar-refractivity contribution is -0.120. The molecule has 1 aliphatic rings. The fourth-order valence-corrected chi connectivity index (χ4v) is 5.22. The molecule has 2 heterocycles. The number of hydrogen-bond acceptors (Lipinski definition) is 6. The van der Waals surface area contributed by atoms with Gasteiger partial charge in [-0.3, -0.25) is 4.79 Å². The lowest BCUT2D eigenvalue weighted by atomic mass is 9.86. The molecular formula is C32H33N3O4. The van der Waals surface area contributed by atoms with Crippen LogP contribution < -0.4 is 11.1 Å². The molecule has 0 aliphatic carbocycles. The number of para-hydroxylation sites is 1. The summed E-state index contributed by atoms with van der Waals surface area (Å²) < 4.78 is 5.63. The molecule has 1 aromatic heterocycles. The van der Waals surface area contributed by atoms with E-state index in [1.165, 1.54) is 12.8 Å². The van der Waals surface area contributed by atoms with Crippen LogP contribution in [-0.2, 0) is 11.2 Å². The van der Waals surface area contributed by atoms with Crippen LogP contribution in [0.4, 0.5) is 0 Å². The van der Waals surface area contributed by atoms with Crippen LogP contribution in [0.15, 0.2) is 99.2 Å². The highest BCUT2D eigenvalue weighted by Gasteiger charge is 2.27. The van der Waals surface area contributed by atoms with Crippen LogP contribution in [0.3, 0.4) is 0 Å². The Hall–Kier alpha value is -4.23. The summed E-state index contributed by atoms with van der Waals surface area (Å²) >= 11 is 0. The quantitative estimate of drug-likeness (QED) is 0.169. The molecule has 5 rings (SSSR count). The van der Waals surface area contributed by atoms with Crippen molar-refractivity contribution >= 4 is 22.6 Å². The molecule has 200 valence electrons. The largest absolute Gasteiger partial charge is 0.507 e. The number of rotatable bonds is 10. The summed E-state index contributed by atoms with van der Waals surface area (Å²) in [6, 6.07) is 26.1. The van der Waals surface area contributed by atoms with E-state index in [0.717, 1.165) is 36.5 Å². The van der Waals surface area contributed by atoms with Gasteiger partial charge in [0.2, 0.25) is 5.91 Å². The smallest absolute Gasteiger partial charge is 0.343 e. The van der Waals surface area contributed by atoms with E-state index >= 15 is 0 Å². The van der Waals surface area contributed by atoms with Gasteiger partial charge in [0.1, 0.15) is 11.3 Å². The van der Waals surface area contributed by atoms with Gasteiger partial charge >= 0.3 is 5.63 Å². The first-order valence-electron chi connectivity index (χ1n) is 13.5. The second-order valence-corrected chi connectivity index (χ2v) is 9.99. The first kappa shape index (κ1) is 26.4. The average Bonchev–Trinajstić information content (AvgIpc) is 3.48. The third-order valence-corrected chi connectivity index (χ3v) is 7.27. The Morgan fingerprint density at radius 3 is 2.36 bits per heavy atom. The van der Waals surface area contributed by atoms with Crippen molar-refractivity contribution in [1.29, 1.82) is 0 Å². The summed E-state index contributed by atoms with van der Waals surface area (Å²) in [5, 5.41) is 16.3. The van der Waals surface area contributed by atoms with Crippen LogP contribution in [0.25, 0.3) is 11.0 Å². The van der Waals surface area contributed by atoms with Gasteiger partial charge < -0.3 is 14.4 Å². The Labute approximate surface area is 227 Å².